The number of carbonyl (C=O) groups excluding carboxylic acids is 2. The average Bonchev–Trinajstić information content (AvgIpc) is 2.68. The molecule has 0 aliphatic heterocycles. The maximum absolute atomic E-state index is 11.9. The number of urea groups is 2. The molecule has 0 bridgehead atoms. The fourth-order valence-electron chi connectivity index (χ4n) is 2.55. The summed E-state index contributed by atoms with van der Waals surface area (Å²) in [5.74, 6) is -0.254. The normalized spacial score (nSPS) is 29.5. The van der Waals surface area contributed by atoms with E-state index in [0.717, 1.165) is 0 Å². The number of nitrogens with one attached hydrogen (secondary N) is 2. The first-order valence-corrected chi connectivity index (χ1v) is 8.97. The van der Waals surface area contributed by atoms with Gasteiger partial charge >= 0.3 is 12.1 Å². The third kappa shape index (κ3) is 5.59. The van der Waals surface area contributed by atoms with Crippen LogP contribution >= 0.6 is 23.2 Å². The van der Waals surface area contributed by atoms with Crippen molar-refractivity contribution in [1.82, 2.24) is 20.7 Å². The second kappa shape index (κ2) is 11.2. The standard InChI is InChI=1S/C12H20Cl2N6O8/c13-1-3-19(17-27)11(25)15-5-7(21)9(23)6(10(24)8(5)22)16-12(26)20(18-28)4-2-14/h5-10,21-24H,1-4H2,(H,15,25)(H,16,26)/t5?,6?,7-,8-,9+,10+. The lowest BCUT2D eigenvalue weighted by Crippen LogP contribution is -2.72. The Labute approximate surface area is 168 Å². The van der Waals surface area contributed by atoms with Crippen LogP contribution in [0, 0.1) is 9.81 Å². The highest BCUT2D eigenvalue weighted by atomic mass is 35.5. The molecular weight excluding hydrogens is 427 g/mol. The van der Waals surface area contributed by atoms with Crippen LogP contribution in [-0.2, 0) is 0 Å². The summed E-state index contributed by atoms with van der Waals surface area (Å²) >= 11 is 10.8. The molecule has 4 atom stereocenters. The van der Waals surface area contributed by atoms with E-state index in [2.05, 4.69) is 10.6 Å². The fraction of sp³-hybridized carbons (Fsp3) is 0.833. The summed E-state index contributed by atoms with van der Waals surface area (Å²) in [4.78, 5) is 45.1. The molecule has 0 heterocycles. The highest BCUT2D eigenvalue weighted by Gasteiger charge is 2.50. The van der Waals surface area contributed by atoms with Crippen molar-refractivity contribution in [2.75, 3.05) is 24.8 Å². The lowest BCUT2D eigenvalue weighted by molar-refractivity contribution is -0.142. The Kier molecular flexibility index (Phi) is 9.71. The molecule has 160 valence electrons. The molecule has 0 aromatic rings. The van der Waals surface area contributed by atoms with Crippen LogP contribution in [-0.4, -0.2) is 104 Å². The predicted molar refractivity (Wildman–Crippen MR) is 95.1 cm³/mol. The van der Waals surface area contributed by atoms with Crippen molar-refractivity contribution in [3.63, 3.8) is 0 Å². The number of halogens is 2. The molecule has 0 aromatic heterocycles. The number of rotatable bonds is 8. The van der Waals surface area contributed by atoms with Crippen molar-refractivity contribution in [2.24, 2.45) is 10.6 Å². The van der Waals surface area contributed by atoms with Gasteiger partial charge in [-0.2, -0.15) is 10.0 Å². The second-order valence-electron chi connectivity index (χ2n) is 5.70. The van der Waals surface area contributed by atoms with Crippen molar-refractivity contribution >= 4 is 35.3 Å². The van der Waals surface area contributed by atoms with Gasteiger partial charge in [-0.05, 0) is 0 Å². The lowest BCUT2D eigenvalue weighted by Gasteiger charge is -2.44. The highest BCUT2D eigenvalue weighted by molar-refractivity contribution is 6.18. The molecule has 0 aromatic carbocycles. The van der Waals surface area contributed by atoms with Crippen molar-refractivity contribution in [2.45, 2.75) is 36.5 Å². The van der Waals surface area contributed by atoms with Gasteiger partial charge in [0.25, 0.3) is 0 Å². The van der Waals surface area contributed by atoms with E-state index in [1.54, 1.807) is 0 Å². The van der Waals surface area contributed by atoms with E-state index in [4.69, 9.17) is 23.2 Å². The summed E-state index contributed by atoms with van der Waals surface area (Å²) in [7, 11) is 0. The zero-order valence-corrected chi connectivity index (χ0v) is 15.8. The summed E-state index contributed by atoms with van der Waals surface area (Å²) in [6, 6.07) is -5.51. The lowest BCUT2D eigenvalue weighted by atomic mass is 9.81. The molecule has 16 heteroatoms. The van der Waals surface area contributed by atoms with Gasteiger partial charge in [-0.15, -0.1) is 33.0 Å². The molecule has 1 aliphatic rings. The van der Waals surface area contributed by atoms with E-state index < -0.39 is 48.6 Å². The van der Waals surface area contributed by atoms with E-state index >= 15 is 0 Å². The third-order valence-corrected chi connectivity index (χ3v) is 4.35. The molecule has 14 nitrogen and oxygen atoms in total. The molecule has 0 saturated heterocycles. The minimum absolute atomic E-state index is 0.127. The predicted octanol–water partition coefficient (Wildman–Crippen LogP) is -1.96. The number of aliphatic hydroxyl groups is 4. The number of carbonyl (C=O) groups is 2. The topological polar surface area (TPSA) is 204 Å². The molecule has 28 heavy (non-hydrogen) atoms. The first kappa shape index (κ1) is 24.2. The first-order chi connectivity index (χ1) is 13.2. The maximum Gasteiger partial charge on any atom is 0.340 e. The van der Waals surface area contributed by atoms with Crippen molar-refractivity contribution < 1.29 is 30.0 Å². The van der Waals surface area contributed by atoms with Crippen LogP contribution < -0.4 is 10.6 Å². The van der Waals surface area contributed by atoms with E-state index in [1.165, 1.54) is 0 Å². The number of hydrogen-bond acceptors (Lipinski definition) is 10. The van der Waals surface area contributed by atoms with Gasteiger partial charge in [0.15, 0.2) is 0 Å². The summed E-state index contributed by atoms with van der Waals surface area (Å²) in [5.41, 5.74) is 0. The number of nitrogens with zero attached hydrogens (tertiary/aromatic N) is 4. The molecule has 1 saturated carbocycles. The van der Waals surface area contributed by atoms with Crippen LogP contribution in [0.15, 0.2) is 10.6 Å². The summed E-state index contributed by atoms with van der Waals surface area (Å²) < 4.78 is 0. The Morgan fingerprint density at radius 3 is 1.25 bits per heavy atom. The maximum atomic E-state index is 11.9. The molecule has 4 amide bonds. The number of hydrogen-bond donors (Lipinski definition) is 6. The number of amides is 4. The van der Waals surface area contributed by atoms with Crippen LogP contribution in [0.25, 0.3) is 0 Å². The smallest absolute Gasteiger partial charge is 0.340 e. The van der Waals surface area contributed by atoms with Gasteiger partial charge in [-0.1, -0.05) is 0 Å². The monoisotopic (exact) mass is 446 g/mol. The second-order valence-corrected chi connectivity index (χ2v) is 6.46. The SMILES string of the molecule is O=NN(CCCl)C(=O)NC1[C@@H](O)[C@@H](O)C(NC(=O)N(CCCl)N=O)[C@H](O)[C@@H]1O. The first-order valence-electron chi connectivity index (χ1n) is 7.90. The zero-order chi connectivity index (χ0) is 21.4. The van der Waals surface area contributed by atoms with Gasteiger partial charge < -0.3 is 31.1 Å². The Bertz CT molecular complexity index is 510. The molecule has 0 spiro atoms. The van der Waals surface area contributed by atoms with Crippen LogP contribution in [0.1, 0.15) is 0 Å². The van der Waals surface area contributed by atoms with Crippen molar-refractivity contribution in [3.05, 3.63) is 9.81 Å². The van der Waals surface area contributed by atoms with Gasteiger partial charge in [-0.25, -0.2) is 9.59 Å². The number of alkyl halides is 2. The van der Waals surface area contributed by atoms with Gasteiger partial charge in [0.05, 0.1) is 35.7 Å². The molecular formula is C12H20Cl2N6O8. The van der Waals surface area contributed by atoms with Crippen LogP contribution in [0.2, 0.25) is 0 Å². The minimum atomic E-state index is -1.87. The highest BCUT2D eigenvalue weighted by Crippen LogP contribution is 2.22. The number of nitroso groups, excluding NO2 is 2. The van der Waals surface area contributed by atoms with Crippen LogP contribution in [0.3, 0.4) is 0 Å². The van der Waals surface area contributed by atoms with Crippen molar-refractivity contribution in [1.29, 1.82) is 0 Å². The summed E-state index contributed by atoms with van der Waals surface area (Å²) in [5, 5.41) is 50.4. The number of aliphatic hydroxyl groups excluding tert-OH is 4. The van der Waals surface area contributed by atoms with Crippen molar-refractivity contribution in [3.8, 4) is 0 Å². The Morgan fingerprint density at radius 2 is 1.04 bits per heavy atom. The molecule has 0 radical (unpaired) electrons. The minimum Gasteiger partial charge on any atom is -0.388 e. The average molecular weight is 447 g/mol. The van der Waals surface area contributed by atoms with Crippen LogP contribution in [0.5, 0.6) is 0 Å². The Balaban J connectivity index is 2.89. The van der Waals surface area contributed by atoms with E-state index in [1.807, 2.05) is 10.6 Å². The Morgan fingerprint density at radius 1 is 0.750 bits per heavy atom. The molecule has 1 rings (SSSR count). The van der Waals surface area contributed by atoms with E-state index in [-0.39, 0.29) is 24.8 Å². The summed E-state index contributed by atoms with van der Waals surface area (Å²) in [6.07, 6.45) is -7.49. The van der Waals surface area contributed by atoms with Crippen LogP contribution in [0.4, 0.5) is 9.59 Å². The zero-order valence-electron chi connectivity index (χ0n) is 14.3. The molecule has 6 N–H and O–H groups in total. The molecule has 1 aliphatic carbocycles. The van der Waals surface area contributed by atoms with Gasteiger partial charge in [0.2, 0.25) is 0 Å². The van der Waals surface area contributed by atoms with Gasteiger partial charge in [0.1, 0.15) is 24.4 Å². The fourth-order valence-corrected chi connectivity index (χ4v) is 2.87. The molecule has 1 fully saturated rings. The summed E-state index contributed by atoms with van der Waals surface area (Å²) in [6.45, 7) is -0.538. The Hall–Kier alpha value is -1.84. The molecule has 0 unspecified atom stereocenters. The van der Waals surface area contributed by atoms with Gasteiger partial charge in [-0.3, -0.25) is 0 Å². The largest absolute Gasteiger partial charge is 0.388 e. The van der Waals surface area contributed by atoms with Gasteiger partial charge in [0, 0.05) is 11.8 Å². The van der Waals surface area contributed by atoms with E-state index in [0.29, 0.717) is 10.0 Å². The van der Waals surface area contributed by atoms with E-state index in [9.17, 15) is 39.8 Å². The third-order valence-electron chi connectivity index (χ3n) is 4.01. The quantitative estimate of drug-likeness (QED) is 0.140.